The molecule has 0 aromatic rings. The van der Waals surface area contributed by atoms with Gasteiger partial charge in [-0.3, -0.25) is 4.99 Å². The van der Waals surface area contributed by atoms with Crippen LogP contribution < -0.4 is 10.6 Å². The topological polar surface area (TPSA) is 39.7 Å². The van der Waals surface area contributed by atoms with Crippen LogP contribution in [0.1, 0.15) is 40.5 Å². The van der Waals surface area contributed by atoms with E-state index in [1.54, 1.807) is 0 Å². The first-order chi connectivity index (χ1) is 8.49. The molecular weight excluding hydrogens is 224 g/mol. The van der Waals surface area contributed by atoms with Gasteiger partial charge in [-0.1, -0.05) is 20.8 Å². The zero-order chi connectivity index (χ0) is 14.0. The van der Waals surface area contributed by atoms with Gasteiger partial charge in [-0.2, -0.15) is 0 Å². The predicted molar refractivity (Wildman–Crippen MR) is 81.2 cm³/mol. The molecule has 0 rings (SSSR count). The summed E-state index contributed by atoms with van der Waals surface area (Å²) in [6, 6.07) is 0.475. The first-order valence-corrected chi connectivity index (χ1v) is 7.15. The first-order valence-electron chi connectivity index (χ1n) is 7.15. The Balaban J connectivity index is 3.83. The second-order valence-corrected chi connectivity index (χ2v) is 5.41. The summed E-state index contributed by atoms with van der Waals surface area (Å²) in [5.74, 6) is 1.68. The van der Waals surface area contributed by atoms with Crippen LogP contribution in [0, 0.1) is 5.92 Å². The fourth-order valence-corrected chi connectivity index (χ4v) is 1.61. The molecule has 0 aromatic heterocycles. The lowest BCUT2D eigenvalue weighted by Gasteiger charge is -2.20. The van der Waals surface area contributed by atoms with E-state index in [0.29, 0.717) is 6.04 Å². The molecule has 0 amide bonds. The van der Waals surface area contributed by atoms with E-state index >= 15 is 0 Å². The SMILES string of the molecule is CCN(C)CCNC(=NC)NC(C)CCC(C)C. The van der Waals surface area contributed by atoms with Gasteiger partial charge in [0.05, 0.1) is 0 Å². The molecule has 18 heavy (non-hydrogen) atoms. The minimum absolute atomic E-state index is 0.475. The van der Waals surface area contributed by atoms with Crippen LogP contribution in [0.5, 0.6) is 0 Å². The number of nitrogens with one attached hydrogen (secondary N) is 2. The maximum Gasteiger partial charge on any atom is 0.191 e. The van der Waals surface area contributed by atoms with Gasteiger partial charge in [0, 0.05) is 26.2 Å². The Morgan fingerprint density at radius 3 is 2.39 bits per heavy atom. The van der Waals surface area contributed by atoms with Gasteiger partial charge in [-0.05, 0) is 39.3 Å². The van der Waals surface area contributed by atoms with E-state index in [0.717, 1.165) is 31.5 Å². The molecule has 4 heteroatoms. The largest absolute Gasteiger partial charge is 0.355 e. The minimum Gasteiger partial charge on any atom is -0.355 e. The maximum absolute atomic E-state index is 4.25. The lowest BCUT2D eigenvalue weighted by molar-refractivity contribution is 0.356. The Kier molecular flexibility index (Phi) is 9.74. The van der Waals surface area contributed by atoms with Gasteiger partial charge in [-0.25, -0.2) is 0 Å². The molecule has 2 N–H and O–H groups in total. The van der Waals surface area contributed by atoms with Crippen LogP contribution in [0.25, 0.3) is 0 Å². The van der Waals surface area contributed by atoms with Crippen molar-refractivity contribution in [2.24, 2.45) is 10.9 Å². The van der Waals surface area contributed by atoms with Crippen LogP contribution in [0.2, 0.25) is 0 Å². The van der Waals surface area contributed by atoms with Crippen molar-refractivity contribution in [1.82, 2.24) is 15.5 Å². The Bertz CT molecular complexity index is 226. The minimum atomic E-state index is 0.475. The Hall–Kier alpha value is -0.770. The van der Waals surface area contributed by atoms with E-state index in [-0.39, 0.29) is 0 Å². The van der Waals surface area contributed by atoms with Crippen molar-refractivity contribution in [1.29, 1.82) is 0 Å². The summed E-state index contributed by atoms with van der Waals surface area (Å²) >= 11 is 0. The molecule has 0 heterocycles. The summed E-state index contributed by atoms with van der Waals surface area (Å²) in [6.07, 6.45) is 2.44. The highest BCUT2D eigenvalue weighted by molar-refractivity contribution is 5.79. The standard InChI is InChI=1S/C14H32N4/c1-7-18(6)11-10-16-14(15-5)17-13(4)9-8-12(2)3/h12-13H,7-11H2,1-6H3,(H2,15,16,17). The summed E-state index contributed by atoms with van der Waals surface area (Å²) in [7, 11) is 3.96. The number of hydrogen-bond donors (Lipinski definition) is 2. The van der Waals surface area contributed by atoms with E-state index in [1.807, 2.05) is 7.05 Å². The number of guanidine groups is 1. The van der Waals surface area contributed by atoms with Crippen molar-refractivity contribution in [2.45, 2.75) is 46.6 Å². The molecule has 0 saturated carbocycles. The smallest absolute Gasteiger partial charge is 0.191 e. The van der Waals surface area contributed by atoms with Crippen LogP contribution in [-0.4, -0.2) is 50.6 Å². The average molecular weight is 256 g/mol. The first kappa shape index (κ1) is 17.2. The molecule has 0 aliphatic carbocycles. The van der Waals surface area contributed by atoms with Crippen LogP contribution in [0.15, 0.2) is 4.99 Å². The van der Waals surface area contributed by atoms with Crippen molar-refractivity contribution in [3.8, 4) is 0 Å². The third-order valence-corrected chi connectivity index (χ3v) is 3.11. The lowest BCUT2D eigenvalue weighted by Crippen LogP contribution is -2.44. The molecule has 0 bridgehead atoms. The van der Waals surface area contributed by atoms with Crippen molar-refractivity contribution in [3.63, 3.8) is 0 Å². The van der Waals surface area contributed by atoms with Crippen LogP contribution in [0.3, 0.4) is 0 Å². The van der Waals surface area contributed by atoms with Crippen LogP contribution in [-0.2, 0) is 0 Å². The molecule has 0 saturated heterocycles. The van der Waals surface area contributed by atoms with Gasteiger partial charge in [0.15, 0.2) is 5.96 Å². The maximum atomic E-state index is 4.25. The van der Waals surface area contributed by atoms with Gasteiger partial charge in [0.25, 0.3) is 0 Å². The molecule has 0 aromatic carbocycles. The Morgan fingerprint density at radius 2 is 1.89 bits per heavy atom. The fourth-order valence-electron chi connectivity index (χ4n) is 1.61. The fraction of sp³-hybridized carbons (Fsp3) is 0.929. The zero-order valence-electron chi connectivity index (χ0n) is 13.1. The number of rotatable bonds is 8. The molecular formula is C14H32N4. The second kappa shape index (κ2) is 10.2. The number of likely N-dealkylation sites (N-methyl/N-ethyl adjacent to an activating group) is 1. The number of hydrogen-bond acceptors (Lipinski definition) is 2. The Morgan fingerprint density at radius 1 is 1.22 bits per heavy atom. The van der Waals surface area contributed by atoms with Crippen molar-refractivity contribution in [3.05, 3.63) is 0 Å². The van der Waals surface area contributed by atoms with E-state index in [2.05, 4.69) is 55.3 Å². The van der Waals surface area contributed by atoms with Gasteiger partial charge < -0.3 is 15.5 Å². The third-order valence-electron chi connectivity index (χ3n) is 3.11. The normalized spacial score (nSPS) is 14.1. The zero-order valence-corrected chi connectivity index (χ0v) is 13.1. The van der Waals surface area contributed by atoms with Crippen molar-refractivity contribution >= 4 is 5.96 Å². The summed E-state index contributed by atoms with van der Waals surface area (Å²) in [5, 5.41) is 6.78. The summed E-state index contributed by atoms with van der Waals surface area (Å²) in [5.41, 5.74) is 0. The molecule has 108 valence electrons. The summed E-state index contributed by atoms with van der Waals surface area (Å²) < 4.78 is 0. The highest BCUT2D eigenvalue weighted by atomic mass is 15.2. The van der Waals surface area contributed by atoms with Crippen LogP contribution in [0.4, 0.5) is 0 Å². The average Bonchev–Trinajstić information content (AvgIpc) is 2.34. The van der Waals surface area contributed by atoms with E-state index in [9.17, 15) is 0 Å². The third kappa shape index (κ3) is 9.28. The van der Waals surface area contributed by atoms with Gasteiger partial charge in [-0.15, -0.1) is 0 Å². The van der Waals surface area contributed by atoms with E-state index in [4.69, 9.17) is 0 Å². The van der Waals surface area contributed by atoms with Gasteiger partial charge >= 0.3 is 0 Å². The second-order valence-electron chi connectivity index (χ2n) is 5.41. The molecule has 0 fully saturated rings. The van der Waals surface area contributed by atoms with Crippen molar-refractivity contribution in [2.75, 3.05) is 33.7 Å². The van der Waals surface area contributed by atoms with Crippen molar-refractivity contribution < 1.29 is 0 Å². The quantitative estimate of drug-likeness (QED) is 0.515. The number of aliphatic imine (C=N–C) groups is 1. The highest BCUT2D eigenvalue weighted by Crippen LogP contribution is 2.06. The molecule has 0 aliphatic heterocycles. The summed E-state index contributed by atoms with van der Waals surface area (Å²) in [4.78, 5) is 6.53. The molecule has 1 atom stereocenters. The van der Waals surface area contributed by atoms with Crippen LogP contribution >= 0.6 is 0 Å². The van der Waals surface area contributed by atoms with Gasteiger partial charge in [0.2, 0.25) is 0 Å². The highest BCUT2D eigenvalue weighted by Gasteiger charge is 2.06. The number of nitrogens with zero attached hydrogens (tertiary/aromatic N) is 2. The summed E-state index contributed by atoms with van der Waals surface area (Å²) in [6.45, 7) is 12.0. The molecule has 0 spiro atoms. The van der Waals surface area contributed by atoms with Gasteiger partial charge in [0.1, 0.15) is 0 Å². The molecule has 4 nitrogen and oxygen atoms in total. The monoisotopic (exact) mass is 256 g/mol. The molecule has 0 aliphatic rings. The molecule has 0 radical (unpaired) electrons. The van der Waals surface area contributed by atoms with E-state index < -0.39 is 0 Å². The Labute approximate surface area is 113 Å². The van der Waals surface area contributed by atoms with E-state index in [1.165, 1.54) is 12.8 Å². The lowest BCUT2D eigenvalue weighted by atomic mass is 10.0. The predicted octanol–water partition coefficient (Wildman–Crippen LogP) is 1.93. The molecule has 1 unspecified atom stereocenters.